The van der Waals surface area contributed by atoms with E-state index in [0.29, 0.717) is 22.7 Å². The van der Waals surface area contributed by atoms with Crippen LogP contribution in [0.3, 0.4) is 0 Å². The summed E-state index contributed by atoms with van der Waals surface area (Å²) < 4.78 is 5.43. The first kappa shape index (κ1) is 21.3. The highest BCUT2D eigenvalue weighted by Crippen LogP contribution is 2.30. The largest absolute Gasteiger partial charge is 0.423 e. The second-order valence-corrected chi connectivity index (χ2v) is 7.69. The third-order valence-corrected chi connectivity index (χ3v) is 5.47. The summed E-state index contributed by atoms with van der Waals surface area (Å²) in [4.78, 5) is 38.7. The summed E-state index contributed by atoms with van der Waals surface area (Å²) in [6.45, 7) is 3.93. The zero-order chi connectivity index (χ0) is 22.8. The van der Waals surface area contributed by atoms with Gasteiger partial charge in [-0.25, -0.2) is 9.69 Å². The fourth-order valence-corrected chi connectivity index (χ4v) is 3.41. The van der Waals surface area contributed by atoms with Gasteiger partial charge in [-0.1, -0.05) is 35.9 Å². The predicted octanol–water partition coefficient (Wildman–Crippen LogP) is 4.96. The van der Waals surface area contributed by atoms with Gasteiger partial charge in [-0.3, -0.25) is 9.59 Å². The van der Waals surface area contributed by atoms with Crippen molar-refractivity contribution in [1.82, 2.24) is 0 Å². The van der Waals surface area contributed by atoms with Crippen LogP contribution in [0.25, 0.3) is 0 Å². The van der Waals surface area contributed by atoms with Crippen molar-refractivity contribution in [2.75, 3.05) is 10.2 Å². The zero-order valence-electron chi connectivity index (χ0n) is 17.4. The monoisotopic (exact) mass is 446 g/mol. The van der Waals surface area contributed by atoms with E-state index in [9.17, 15) is 14.4 Å². The van der Waals surface area contributed by atoms with Gasteiger partial charge in [0.05, 0.1) is 11.3 Å². The van der Waals surface area contributed by atoms with E-state index in [1.807, 2.05) is 19.9 Å². The topological polar surface area (TPSA) is 75.7 Å². The number of carbonyl (C=O) groups excluding carboxylic acids is 3. The number of carbonyl (C=O) groups is 3. The van der Waals surface area contributed by atoms with Crippen molar-refractivity contribution in [2.45, 2.75) is 13.8 Å². The molecular weight excluding hydrogens is 428 g/mol. The molecule has 0 aromatic heterocycles. The highest BCUT2D eigenvalue weighted by Gasteiger charge is 2.38. The van der Waals surface area contributed by atoms with Crippen LogP contribution in [0.15, 0.2) is 83.5 Å². The molecule has 1 aliphatic rings. The minimum Gasteiger partial charge on any atom is -0.423 e. The lowest BCUT2D eigenvalue weighted by molar-refractivity contribution is -0.120. The summed E-state index contributed by atoms with van der Waals surface area (Å²) in [6.07, 6.45) is 0. The van der Waals surface area contributed by atoms with E-state index in [1.165, 1.54) is 0 Å². The molecule has 0 spiro atoms. The standard InChI is InChI=1S/C25H19ClN2O4/c1-15-8-13-20(14-16(15)2)32-25(31)17-9-11-18(12-10-17)27-22-21(26)23(29)28(24(22)30)19-6-4-3-5-7-19/h3-14,27H,1-2H3. The summed E-state index contributed by atoms with van der Waals surface area (Å²) in [6, 6.07) is 20.3. The van der Waals surface area contributed by atoms with Crippen LogP contribution in [0.2, 0.25) is 0 Å². The van der Waals surface area contributed by atoms with E-state index >= 15 is 0 Å². The van der Waals surface area contributed by atoms with Crippen LogP contribution in [0.1, 0.15) is 21.5 Å². The fraction of sp³-hybridized carbons (Fsp3) is 0.0800. The Balaban J connectivity index is 1.47. The summed E-state index contributed by atoms with van der Waals surface area (Å²) in [5.41, 5.74) is 3.39. The van der Waals surface area contributed by atoms with Crippen molar-refractivity contribution in [3.8, 4) is 5.75 Å². The third kappa shape index (κ3) is 4.13. The fourth-order valence-electron chi connectivity index (χ4n) is 3.20. The third-order valence-electron chi connectivity index (χ3n) is 5.12. The molecule has 3 aromatic rings. The number of para-hydroxylation sites is 1. The molecule has 0 fully saturated rings. The van der Waals surface area contributed by atoms with E-state index in [1.54, 1.807) is 66.7 Å². The van der Waals surface area contributed by atoms with Crippen molar-refractivity contribution in [2.24, 2.45) is 0 Å². The maximum Gasteiger partial charge on any atom is 0.343 e. The lowest BCUT2D eigenvalue weighted by Gasteiger charge is -2.14. The highest BCUT2D eigenvalue weighted by atomic mass is 35.5. The van der Waals surface area contributed by atoms with Crippen LogP contribution in [0, 0.1) is 13.8 Å². The van der Waals surface area contributed by atoms with Crippen LogP contribution in [0.4, 0.5) is 11.4 Å². The number of benzene rings is 3. The Morgan fingerprint density at radius 3 is 2.22 bits per heavy atom. The molecular formula is C25H19ClN2O4. The van der Waals surface area contributed by atoms with Crippen molar-refractivity contribution >= 4 is 40.8 Å². The summed E-state index contributed by atoms with van der Waals surface area (Å²) in [7, 11) is 0. The first-order chi connectivity index (χ1) is 15.3. The van der Waals surface area contributed by atoms with E-state index < -0.39 is 17.8 Å². The minimum atomic E-state index is -0.598. The van der Waals surface area contributed by atoms with Crippen LogP contribution in [0.5, 0.6) is 5.75 Å². The van der Waals surface area contributed by atoms with Gasteiger partial charge in [0.1, 0.15) is 16.5 Å². The summed E-state index contributed by atoms with van der Waals surface area (Å²) >= 11 is 6.14. The minimum absolute atomic E-state index is 0.0222. The molecule has 1 heterocycles. The average molecular weight is 447 g/mol. The number of hydrogen-bond acceptors (Lipinski definition) is 5. The number of nitrogens with zero attached hydrogens (tertiary/aromatic N) is 1. The van der Waals surface area contributed by atoms with Crippen molar-refractivity contribution in [3.63, 3.8) is 0 Å². The Hall–Kier alpha value is -3.90. The Bertz CT molecular complexity index is 1250. The molecule has 0 aliphatic carbocycles. The van der Waals surface area contributed by atoms with Gasteiger partial charge < -0.3 is 10.1 Å². The number of nitrogens with one attached hydrogen (secondary N) is 1. The molecule has 6 nitrogen and oxygen atoms in total. The molecule has 2 amide bonds. The number of esters is 1. The molecule has 0 saturated carbocycles. The Kier molecular flexibility index (Phi) is 5.79. The quantitative estimate of drug-likeness (QED) is 0.340. The molecule has 0 bridgehead atoms. The first-order valence-corrected chi connectivity index (χ1v) is 10.2. The molecule has 0 unspecified atom stereocenters. The van der Waals surface area contributed by atoms with Gasteiger partial charge in [-0.2, -0.15) is 0 Å². The maximum absolute atomic E-state index is 12.8. The maximum atomic E-state index is 12.8. The second-order valence-electron chi connectivity index (χ2n) is 7.31. The van der Waals surface area contributed by atoms with Gasteiger partial charge in [0.2, 0.25) is 0 Å². The van der Waals surface area contributed by atoms with Gasteiger partial charge in [0.15, 0.2) is 0 Å². The molecule has 160 valence electrons. The van der Waals surface area contributed by atoms with Crippen molar-refractivity contribution in [1.29, 1.82) is 0 Å². The number of anilines is 2. The number of halogens is 1. The lowest BCUT2D eigenvalue weighted by atomic mass is 10.1. The summed E-state index contributed by atoms with van der Waals surface area (Å²) in [5, 5.41) is 2.69. The Morgan fingerprint density at radius 1 is 0.875 bits per heavy atom. The van der Waals surface area contributed by atoms with Gasteiger partial charge in [0.25, 0.3) is 11.8 Å². The number of aryl methyl sites for hydroxylation is 2. The highest BCUT2D eigenvalue weighted by molar-refractivity contribution is 6.53. The van der Waals surface area contributed by atoms with Crippen LogP contribution >= 0.6 is 11.6 Å². The van der Waals surface area contributed by atoms with E-state index in [0.717, 1.165) is 16.0 Å². The normalized spacial score (nSPS) is 13.5. The molecule has 0 saturated heterocycles. The number of hydrogen-bond donors (Lipinski definition) is 1. The predicted molar refractivity (Wildman–Crippen MR) is 123 cm³/mol. The molecule has 1 aliphatic heterocycles. The van der Waals surface area contributed by atoms with E-state index in [-0.39, 0.29) is 10.7 Å². The molecule has 0 atom stereocenters. The molecule has 0 radical (unpaired) electrons. The molecule has 1 N–H and O–H groups in total. The SMILES string of the molecule is Cc1ccc(OC(=O)c2ccc(NC3=C(Cl)C(=O)N(c4ccccc4)C3=O)cc2)cc1C. The Morgan fingerprint density at radius 2 is 1.56 bits per heavy atom. The number of imide groups is 1. The van der Waals surface area contributed by atoms with Gasteiger partial charge >= 0.3 is 5.97 Å². The molecule has 4 rings (SSSR count). The first-order valence-electron chi connectivity index (χ1n) is 9.85. The van der Waals surface area contributed by atoms with Crippen LogP contribution < -0.4 is 15.0 Å². The molecule has 3 aromatic carbocycles. The number of ether oxygens (including phenoxy) is 1. The molecule has 7 heteroatoms. The van der Waals surface area contributed by atoms with E-state index in [2.05, 4.69) is 5.32 Å². The Labute approximate surface area is 190 Å². The van der Waals surface area contributed by atoms with E-state index in [4.69, 9.17) is 16.3 Å². The lowest BCUT2D eigenvalue weighted by Crippen LogP contribution is -2.32. The number of rotatable bonds is 5. The summed E-state index contributed by atoms with van der Waals surface area (Å²) in [5.74, 6) is -1.18. The van der Waals surface area contributed by atoms with Gasteiger partial charge in [0, 0.05) is 5.69 Å². The van der Waals surface area contributed by atoms with Crippen molar-refractivity contribution < 1.29 is 19.1 Å². The van der Waals surface area contributed by atoms with Gasteiger partial charge in [-0.05, 0) is 73.5 Å². The van der Waals surface area contributed by atoms with Crippen molar-refractivity contribution in [3.05, 3.63) is 100 Å². The second kappa shape index (κ2) is 8.69. The van der Waals surface area contributed by atoms with Crippen LogP contribution in [-0.4, -0.2) is 17.8 Å². The molecule has 32 heavy (non-hydrogen) atoms. The van der Waals surface area contributed by atoms with Crippen LogP contribution in [-0.2, 0) is 9.59 Å². The number of amides is 2. The zero-order valence-corrected chi connectivity index (χ0v) is 18.1. The van der Waals surface area contributed by atoms with Gasteiger partial charge in [-0.15, -0.1) is 0 Å². The average Bonchev–Trinajstić information content (AvgIpc) is 3.00. The smallest absolute Gasteiger partial charge is 0.343 e.